The molecular formula is C17H19F2NO2. The monoisotopic (exact) mass is 307 g/mol. The predicted octanol–water partition coefficient (Wildman–Crippen LogP) is 3.74. The first-order valence-corrected chi connectivity index (χ1v) is 7.31. The number of halogens is 2. The first-order valence-electron chi connectivity index (χ1n) is 7.31. The molecule has 0 spiro atoms. The van der Waals surface area contributed by atoms with Gasteiger partial charge in [-0.05, 0) is 24.3 Å². The SMILES string of the molecule is C#CC(NC(=O)OCc1ccccc1)C1CCC(F)(F)CC1. The van der Waals surface area contributed by atoms with Crippen LogP contribution in [0.4, 0.5) is 13.6 Å². The van der Waals surface area contributed by atoms with Gasteiger partial charge in [-0.3, -0.25) is 0 Å². The van der Waals surface area contributed by atoms with E-state index < -0.39 is 18.1 Å². The number of hydrogen-bond acceptors (Lipinski definition) is 2. The van der Waals surface area contributed by atoms with Crippen molar-refractivity contribution in [2.75, 3.05) is 0 Å². The standard InChI is InChI=1S/C17H19F2NO2/c1-2-15(14-8-10-17(18,19)11-9-14)20-16(21)22-12-13-6-4-3-5-7-13/h1,3-7,14-15H,8-12H2,(H,20,21). The quantitative estimate of drug-likeness (QED) is 0.861. The Labute approximate surface area is 129 Å². The van der Waals surface area contributed by atoms with Crippen LogP contribution in [-0.4, -0.2) is 18.1 Å². The van der Waals surface area contributed by atoms with Crippen LogP contribution >= 0.6 is 0 Å². The van der Waals surface area contributed by atoms with E-state index in [-0.39, 0.29) is 25.4 Å². The maximum absolute atomic E-state index is 13.2. The molecule has 3 nitrogen and oxygen atoms in total. The fraction of sp³-hybridized carbons (Fsp3) is 0.471. The van der Waals surface area contributed by atoms with E-state index >= 15 is 0 Å². The summed E-state index contributed by atoms with van der Waals surface area (Å²) < 4.78 is 31.4. The second kappa shape index (κ2) is 7.26. The van der Waals surface area contributed by atoms with Gasteiger partial charge in [-0.1, -0.05) is 36.3 Å². The molecule has 0 aromatic heterocycles. The summed E-state index contributed by atoms with van der Waals surface area (Å²) in [6, 6.07) is 8.69. The van der Waals surface area contributed by atoms with E-state index in [2.05, 4.69) is 11.2 Å². The topological polar surface area (TPSA) is 38.3 Å². The first-order chi connectivity index (χ1) is 10.5. The number of carbonyl (C=O) groups excluding carboxylic acids is 1. The molecule has 2 rings (SSSR count). The molecule has 22 heavy (non-hydrogen) atoms. The van der Waals surface area contributed by atoms with E-state index in [4.69, 9.17) is 11.2 Å². The lowest BCUT2D eigenvalue weighted by molar-refractivity contribution is -0.0474. The van der Waals surface area contributed by atoms with Gasteiger partial charge >= 0.3 is 6.09 Å². The zero-order valence-electron chi connectivity index (χ0n) is 12.2. The minimum absolute atomic E-state index is 0.131. The number of nitrogens with one attached hydrogen (secondary N) is 1. The van der Waals surface area contributed by atoms with Gasteiger partial charge in [-0.15, -0.1) is 6.42 Å². The van der Waals surface area contributed by atoms with Crippen LogP contribution in [0, 0.1) is 18.3 Å². The number of terminal acetylenes is 1. The van der Waals surface area contributed by atoms with E-state index in [0.717, 1.165) is 5.56 Å². The molecule has 1 saturated carbocycles. The number of rotatable bonds is 4. The van der Waals surface area contributed by atoms with Crippen LogP contribution in [0.15, 0.2) is 30.3 Å². The van der Waals surface area contributed by atoms with Crippen LogP contribution in [0.5, 0.6) is 0 Å². The second-order valence-electron chi connectivity index (χ2n) is 5.54. The molecule has 1 amide bonds. The van der Waals surface area contributed by atoms with Crippen molar-refractivity contribution in [1.82, 2.24) is 5.32 Å². The summed E-state index contributed by atoms with van der Waals surface area (Å²) in [5.74, 6) is -0.267. The molecule has 1 aromatic rings. The minimum atomic E-state index is -2.61. The van der Waals surface area contributed by atoms with Gasteiger partial charge in [0.25, 0.3) is 0 Å². The van der Waals surface area contributed by atoms with Crippen LogP contribution in [0.2, 0.25) is 0 Å². The van der Waals surface area contributed by atoms with Crippen molar-refractivity contribution in [2.24, 2.45) is 5.92 Å². The normalized spacial score (nSPS) is 19.0. The minimum Gasteiger partial charge on any atom is -0.445 e. The second-order valence-corrected chi connectivity index (χ2v) is 5.54. The highest BCUT2D eigenvalue weighted by atomic mass is 19.3. The van der Waals surface area contributed by atoms with Crippen molar-refractivity contribution >= 4 is 6.09 Å². The van der Waals surface area contributed by atoms with Gasteiger partial charge in [0.05, 0.1) is 6.04 Å². The molecule has 0 heterocycles. The van der Waals surface area contributed by atoms with Crippen LogP contribution in [0.3, 0.4) is 0 Å². The smallest absolute Gasteiger partial charge is 0.408 e. The predicted molar refractivity (Wildman–Crippen MR) is 79.3 cm³/mol. The molecule has 0 saturated heterocycles. The van der Waals surface area contributed by atoms with Crippen molar-refractivity contribution in [1.29, 1.82) is 0 Å². The molecule has 5 heteroatoms. The van der Waals surface area contributed by atoms with Crippen molar-refractivity contribution in [2.45, 2.75) is 44.3 Å². The Morgan fingerprint density at radius 3 is 2.59 bits per heavy atom. The molecule has 0 aliphatic heterocycles. The molecule has 1 aliphatic rings. The summed E-state index contributed by atoms with van der Waals surface area (Å²) in [4.78, 5) is 11.8. The van der Waals surface area contributed by atoms with Crippen LogP contribution in [0.25, 0.3) is 0 Å². The number of ether oxygens (including phenoxy) is 1. The molecule has 1 unspecified atom stereocenters. The highest BCUT2D eigenvalue weighted by Crippen LogP contribution is 2.37. The Morgan fingerprint density at radius 2 is 2.00 bits per heavy atom. The molecule has 0 bridgehead atoms. The Hall–Kier alpha value is -2.09. The van der Waals surface area contributed by atoms with Gasteiger partial charge in [0.15, 0.2) is 0 Å². The average molecular weight is 307 g/mol. The molecule has 1 fully saturated rings. The first kappa shape index (κ1) is 16.3. The number of carbonyl (C=O) groups is 1. The summed E-state index contributed by atoms with van der Waals surface area (Å²) in [5, 5.41) is 2.59. The van der Waals surface area contributed by atoms with Crippen LogP contribution in [-0.2, 0) is 11.3 Å². The number of alkyl halides is 2. The number of hydrogen-bond donors (Lipinski definition) is 1. The molecular weight excluding hydrogens is 288 g/mol. The number of alkyl carbamates (subject to hydrolysis) is 1. The molecule has 1 aliphatic carbocycles. The lowest BCUT2D eigenvalue weighted by Gasteiger charge is -2.31. The van der Waals surface area contributed by atoms with E-state index in [0.29, 0.717) is 12.8 Å². The fourth-order valence-corrected chi connectivity index (χ4v) is 2.58. The zero-order chi connectivity index (χ0) is 16.0. The lowest BCUT2D eigenvalue weighted by atomic mass is 9.82. The lowest BCUT2D eigenvalue weighted by Crippen LogP contribution is -2.42. The summed E-state index contributed by atoms with van der Waals surface area (Å²) in [6.45, 7) is 0.146. The number of amides is 1. The van der Waals surface area contributed by atoms with Crippen molar-refractivity contribution in [3.8, 4) is 12.3 Å². The summed E-state index contributed by atoms with van der Waals surface area (Å²) in [6.07, 6.45) is 5.04. The third kappa shape index (κ3) is 4.73. The Kier molecular flexibility index (Phi) is 5.37. The largest absolute Gasteiger partial charge is 0.445 e. The average Bonchev–Trinajstić information content (AvgIpc) is 2.52. The van der Waals surface area contributed by atoms with Crippen molar-refractivity contribution in [3.63, 3.8) is 0 Å². The van der Waals surface area contributed by atoms with E-state index in [1.807, 2.05) is 30.3 Å². The molecule has 1 aromatic carbocycles. The van der Waals surface area contributed by atoms with Gasteiger partial charge in [0.1, 0.15) is 6.61 Å². The Balaban J connectivity index is 1.80. The van der Waals surface area contributed by atoms with E-state index in [9.17, 15) is 13.6 Å². The summed E-state index contributed by atoms with van der Waals surface area (Å²) >= 11 is 0. The highest BCUT2D eigenvalue weighted by molar-refractivity contribution is 5.68. The van der Waals surface area contributed by atoms with Crippen LogP contribution in [0.1, 0.15) is 31.2 Å². The third-order valence-corrected chi connectivity index (χ3v) is 3.90. The molecule has 1 N–H and O–H groups in total. The zero-order valence-corrected chi connectivity index (χ0v) is 12.2. The third-order valence-electron chi connectivity index (χ3n) is 3.90. The van der Waals surface area contributed by atoms with Gasteiger partial charge in [0.2, 0.25) is 5.92 Å². The van der Waals surface area contributed by atoms with Crippen LogP contribution < -0.4 is 5.32 Å². The fourth-order valence-electron chi connectivity index (χ4n) is 2.58. The molecule has 118 valence electrons. The Morgan fingerprint density at radius 1 is 1.36 bits per heavy atom. The summed E-state index contributed by atoms with van der Waals surface area (Å²) in [7, 11) is 0. The summed E-state index contributed by atoms with van der Waals surface area (Å²) in [5.41, 5.74) is 0.868. The Bertz CT molecular complexity index is 529. The van der Waals surface area contributed by atoms with E-state index in [1.54, 1.807) is 0 Å². The van der Waals surface area contributed by atoms with E-state index in [1.165, 1.54) is 0 Å². The maximum atomic E-state index is 13.2. The highest BCUT2D eigenvalue weighted by Gasteiger charge is 2.37. The van der Waals surface area contributed by atoms with Gasteiger partial charge < -0.3 is 10.1 Å². The van der Waals surface area contributed by atoms with Crippen molar-refractivity contribution < 1.29 is 18.3 Å². The molecule has 0 radical (unpaired) electrons. The molecule has 1 atom stereocenters. The van der Waals surface area contributed by atoms with Crippen molar-refractivity contribution in [3.05, 3.63) is 35.9 Å². The maximum Gasteiger partial charge on any atom is 0.408 e. The van der Waals surface area contributed by atoms with Gasteiger partial charge in [0, 0.05) is 12.8 Å². The van der Waals surface area contributed by atoms with Gasteiger partial charge in [-0.2, -0.15) is 0 Å². The number of benzene rings is 1. The van der Waals surface area contributed by atoms with Gasteiger partial charge in [-0.25, -0.2) is 13.6 Å².